The molecular formula is C22H20N2O2S2. The van der Waals surface area contributed by atoms with Crippen molar-refractivity contribution < 1.29 is 9.53 Å². The van der Waals surface area contributed by atoms with Crippen molar-refractivity contribution in [3.8, 4) is 17.2 Å². The maximum atomic E-state index is 12.7. The fraction of sp³-hybridized carbons (Fsp3) is 0.318. The third-order valence-corrected chi connectivity index (χ3v) is 7.70. The molecule has 0 N–H and O–H groups in total. The molecule has 1 saturated carbocycles. The number of ether oxygens (including phenoxy) is 1. The lowest BCUT2D eigenvalue weighted by Gasteiger charge is -2.38. The van der Waals surface area contributed by atoms with Crippen LogP contribution in [0.1, 0.15) is 37.4 Å². The number of carbonyl (C=O) groups is 1. The largest absolute Gasteiger partial charge is 0.465 e. The van der Waals surface area contributed by atoms with Gasteiger partial charge in [-0.1, -0.05) is 18.2 Å². The summed E-state index contributed by atoms with van der Waals surface area (Å²) in [6, 6.07) is 14.0. The zero-order valence-corrected chi connectivity index (χ0v) is 17.5. The number of aromatic nitrogens is 1. The van der Waals surface area contributed by atoms with E-state index in [2.05, 4.69) is 22.6 Å². The minimum atomic E-state index is -0.495. The van der Waals surface area contributed by atoms with Crippen LogP contribution in [0.15, 0.2) is 41.3 Å². The molecule has 0 atom stereocenters. The van der Waals surface area contributed by atoms with Gasteiger partial charge in [0.1, 0.15) is 4.75 Å². The summed E-state index contributed by atoms with van der Waals surface area (Å²) >= 11 is 3.11. The summed E-state index contributed by atoms with van der Waals surface area (Å²) in [4.78, 5) is 13.7. The van der Waals surface area contributed by atoms with E-state index in [1.165, 1.54) is 11.5 Å². The van der Waals surface area contributed by atoms with Gasteiger partial charge in [-0.3, -0.25) is 4.79 Å². The molecule has 4 rings (SSSR count). The van der Waals surface area contributed by atoms with Crippen molar-refractivity contribution in [2.24, 2.45) is 0 Å². The number of hydrogen-bond acceptors (Lipinski definition) is 6. The standard InChI is InChI=1S/C22H20N2O2S2/c1-3-26-21(25)22(11-4-12-22)27-18-10-9-17-14(2)24-28-20(17)19(18)16-7-5-15(13-23)6-8-16/h5-10H,3-4,11-12H2,1-2H3. The highest BCUT2D eigenvalue weighted by molar-refractivity contribution is 8.01. The van der Waals surface area contributed by atoms with Crippen LogP contribution in [0.4, 0.5) is 0 Å². The molecule has 0 unspecified atom stereocenters. The molecule has 28 heavy (non-hydrogen) atoms. The highest BCUT2D eigenvalue weighted by Crippen LogP contribution is 2.52. The van der Waals surface area contributed by atoms with E-state index in [0.29, 0.717) is 12.2 Å². The Balaban J connectivity index is 1.84. The Labute approximate surface area is 172 Å². The lowest BCUT2D eigenvalue weighted by Crippen LogP contribution is -2.43. The number of nitrogens with zero attached hydrogens (tertiary/aromatic N) is 2. The Kier molecular flexibility index (Phi) is 5.13. The van der Waals surface area contributed by atoms with Crippen LogP contribution in [0, 0.1) is 18.3 Å². The Morgan fingerprint density at radius 2 is 2.04 bits per heavy atom. The van der Waals surface area contributed by atoms with Gasteiger partial charge in [-0.2, -0.15) is 9.64 Å². The van der Waals surface area contributed by atoms with E-state index in [0.717, 1.165) is 51.1 Å². The molecule has 0 aliphatic heterocycles. The van der Waals surface area contributed by atoms with Gasteiger partial charge in [-0.15, -0.1) is 11.8 Å². The maximum Gasteiger partial charge on any atom is 0.322 e. The van der Waals surface area contributed by atoms with Crippen LogP contribution in [0.2, 0.25) is 0 Å². The van der Waals surface area contributed by atoms with E-state index in [9.17, 15) is 4.79 Å². The first-order valence-corrected chi connectivity index (χ1v) is 10.9. The Hall–Kier alpha value is -2.36. The normalized spacial score (nSPS) is 15.0. The van der Waals surface area contributed by atoms with Gasteiger partial charge in [-0.25, -0.2) is 0 Å². The molecule has 0 amide bonds. The number of hydrogen-bond donors (Lipinski definition) is 0. The van der Waals surface area contributed by atoms with Crippen molar-refractivity contribution in [1.82, 2.24) is 4.37 Å². The predicted octanol–water partition coefficient (Wildman–Crippen LogP) is 5.72. The fourth-order valence-corrected chi connectivity index (χ4v) is 6.03. The molecule has 0 saturated heterocycles. The molecule has 1 aliphatic carbocycles. The molecule has 2 aromatic carbocycles. The van der Waals surface area contributed by atoms with Crippen LogP contribution < -0.4 is 0 Å². The summed E-state index contributed by atoms with van der Waals surface area (Å²) < 4.78 is 10.5. The third kappa shape index (κ3) is 3.19. The lowest BCUT2D eigenvalue weighted by atomic mass is 9.84. The molecule has 1 heterocycles. The monoisotopic (exact) mass is 408 g/mol. The third-order valence-electron chi connectivity index (χ3n) is 5.20. The van der Waals surface area contributed by atoms with Crippen LogP contribution in [-0.4, -0.2) is 21.7 Å². The number of carbonyl (C=O) groups excluding carboxylic acids is 1. The summed E-state index contributed by atoms with van der Waals surface area (Å²) in [5.74, 6) is -0.113. The summed E-state index contributed by atoms with van der Waals surface area (Å²) in [6.07, 6.45) is 2.71. The zero-order valence-electron chi connectivity index (χ0n) is 15.8. The van der Waals surface area contributed by atoms with Crippen LogP contribution in [-0.2, 0) is 9.53 Å². The first-order chi connectivity index (χ1) is 13.6. The van der Waals surface area contributed by atoms with Crippen molar-refractivity contribution in [3.63, 3.8) is 0 Å². The molecule has 6 heteroatoms. The molecule has 4 nitrogen and oxygen atoms in total. The van der Waals surface area contributed by atoms with E-state index in [4.69, 9.17) is 10.00 Å². The average molecular weight is 409 g/mol. The number of esters is 1. The Morgan fingerprint density at radius 1 is 1.29 bits per heavy atom. The van der Waals surface area contributed by atoms with Crippen molar-refractivity contribution in [1.29, 1.82) is 5.26 Å². The van der Waals surface area contributed by atoms with E-state index >= 15 is 0 Å². The van der Waals surface area contributed by atoms with Gasteiger partial charge in [0, 0.05) is 15.8 Å². The number of rotatable bonds is 5. The van der Waals surface area contributed by atoms with Crippen molar-refractivity contribution in [2.75, 3.05) is 6.61 Å². The first kappa shape index (κ1) is 19.0. The molecule has 1 fully saturated rings. The number of nitriles is 1. The van der Waals surface area contributed by atoms with E-state index < -0.39 is 4.75 Å². The van der Waals surface area contributed by atoms with E-state index in [1.807, 2.05) is 38.1 Å². The average Bonchev–Trinajstić information content (AvgIpc) is 3.05. The predicted molar refractivity (Wildman–Crippen MR) is 114 cm³/mol. The summed E-state index contributed by atoms with van der Waals surface area (Å²) in [6.45, 7) is 4.26. The molecule has 0 spiro atoms. The van der Waals surface area contributed by atoms with Gasteiger partial charge in [0.25, 0.3) is 0 Å². The number of thioether (sulfide) groups is 1. The molecule has 142 valence electrons. The molecule has 1 aromatic heterocycles. The van der Waals surface area contributed by atoms with Gasteiger partial charge >= 0.3 is 5.97 Å². The van der Waals surface area contributed by atoms with Gasteiger partial charge < -0.3 is 4.74 Å². The van der Waals surface area contributed by atoms with Crippen LogP contribution in [0.25, 0.3) is 21.2 Å². The summed E-state index contributed by atoms with van der Waals surface area (Å²) in [7, 11) is 0. The highest BCUT2D eigenvalue weighted by atomic mass is 32.2. The van der Waals surface area contributed by atoms with Crippen molar-refractivity contribution >= 4 is 39.3 Å². The second kappa shape index (κ2) is 7.57. The molecule has 0 bridgehead atoms. The van der Waals surface area contributed by atoms with Gasteiger partial charge in [0.05, 0.1) is 28.6 Å². The van der Waals surface area contributed by atoms with E-state index in [1.54, 1.807) is 11.8 Å². The van der Waals surface area contributed by atoms with Gasteiger partial charge in [0.2, 0.25) is 0 Å². The quantitative estimate of drug-likeness (QED) is 0.505. The second-order valence-electron chi connectivity index (χ2n) is 6.94. The number of fused-ring (bicyclic) bond motifs is 1. The summed E-state index contributed by atoms with van der Waals surface area (Å²) in [5.41, 5.74) is 3.77. The fourth-order valence-electron chi connectivity index (χ4n) is 3.50. The van der Waals surface area contributed by atoms with E-state index in [-0.39, 0.29) is 5.97 Å². The topological polar surface area (TPSA) is 63.0 Å². The lowest BCUT2D eigenvalue weighted by molar-refractivity contribution is -0.148. The van der Waals surface area contributed by atoms with Gasteiger partial charge in [0.15, 0.2) is 0 Å². The smallest absolute Gasteiger partial charge is 0.322 e. The van der Waals surface area contributed by atoms with Gasteiger partial charge in [-0.05, 0) is 68.4 Å². The molecule has 1 aliphatic rings. The summed E-state index contributed by atoms with van der Waals surface area (Å²) in [5, 5.41) is 10.3. The minimum absolute atomic E-state index is 0.113. The van der Waals surface area contributed by atoms with Crippen LogP contribution in [0.3, 0.4) is 0 Å². The SMILES string of the molecule is CCOC(=O)C1(Sc2ccc3c(C)nsc3c2-c2ccc(C#N)cc2)CCC1. The van der Waals surface area contributed by atoms with Crippen molar-refractivity contribution in [2.45, 2.75) is 42.8 Å². The number of aryl methyl sites for hydroxylation is 1. The molecule has 3 aromatic rings. The highest BCUT2D eigenvalue weighted by Gasteiger charge is 2.47. The van der Waals surface area contributed by atoms with Crippen LogP contribution in [0.5, 0.6) is 0 Å². The minimum Gasteiger partial charge on any atom is -0.465 e. The first-order valence-electron chi connectivity index (χ1n) is 9.34. The number of benzene rings is 2. The molecular weight excluding hydrogens is 388 g/mol. The zero-order chi connectivity index (χ0) is 19.7. The second-order valence-corrected chi connectivity index (χ2v) is 9.14. The van der Waals surface area contributed by atoms with Crippen molar-refractivity contribution in [3.05, 3.63) is 47.7 Å². The maximum absolute atomic E-state index is 12.7. The Morgan fingerprint density at radius 3 is 2.64 bits per heavy atom. The Bertz CT molecular complexity index is 1080. The van der Waals surface area contributed by atoms with Crippen LogP contribution >= 0.6 is 23.3 Å². The molecule has 0 radical (unpaired) electrons.